The molecular formula is C19H28N2O2. The molecule has 0 saturated carbocycles. The molecule has 0 aromatic heterocycles. The third-order valence-corrected chi connectivity index (χ3v) is 5.60. The molecule has 0 aliphatic carbocycles. The number of carbonyl (C=O) groups excluding carboxylic acids is 1. The Bertz CT molecular complexity index is 587. The second kappa shape index (κ2) is 6.52. The van der Waals surface area contributed by atoms with Crippen molar-refractivity contribution in [2.75, 3.05) is 39.8 Å². The van der Waals surface area contributed by atoms with Gasteiger partial charge in [0.1, 0.15) is 12.4 Å². The van der Waals surface area contributed by atoms with E-state index in [2.05, 4.69) is 24.8 Å². The third-order valence-electron chi connectivity index (χ3n) is 5.60. The summed E-state index contributed by atoms with van der Waals surface area (Å²) in [6.07, 6.45) is 3.18. The van der Waals surface area contributed by atoms with Gasteiger partial charge in [-0.15, -0.1) is 0 Å². The molecule has 23 heavy (non-hydrogen) atoms. The van der Waals surface area contributed by atoms with Crippen LogP contribution in [0.15, 0.2) is 18.2 Å². The molecule has 0 N–H and O–H groups in total. The van der Waals surface area contributed by atoms with E-state index < -0.39 is 0 Å². The average molecular weight is 316 g/mol. The minimum Gasteiger partial charge on any atom is -0.492 e. The summed E-state index contributed by atoms with van der Waals surface area (Å²) < 4.78 is 5.97. The Labute approximate surface area is 139 Å². The maximum Gasteiger partial charge on any atom is 0.229 e. The van der Waals surface area contributed by atoms with E-state index in [0.717, 1.165) is 51.2 Å². The zero-order chi connectivity index (χ0) is 16.4. The summed E-state index contributed by atoms with van der Waals surface area (Å²) >= 11 is 0. The number of piperidine rings is 1. The predicted molar refractivity (Wildman–Crippen MR) is 91.8 cm³/mol. The first kappa shape index (κ1) is 16.3. The van der Waals surface area contributed by atoms with Gasteiger partial charge in [-0.2, -0.15) is 0 Å². The molecule has 1 atom stereocenters. The number of likely N-dealkylation sites (tertiary alicyclic amines) is 2. The van der Waals surface area contributed by atoms with Crippen LogP contribution in [0.2, 0.25) is 0 Å². The molecule has 126 valence electrons. The first-order chi connectivity index (χ1) is 11.0. The molecule has 0 unspecified atom stereocenters. The molecule has 0 bridgehead atoms. The molecule has 3 rings (SSSR count). The molecule has 4 nitrogen and oxygen atoms in total. The molecule has 2 aliphatic heterocycles. The van der Waals surface area contributed by atoms with E-state index in [1.54, 1.807) is 0 Å². The van der Waals surface area contributed by atoms with Crippen molar-refractivity contribution in [3.05, 3.63) is 29.3 Å². The highest BCUT2D eigenvalue weighted by molar-refractivity contribution is 5.83. The van der Waals surface area contributed by atoms with Gasteiger partial charge in [-0.1, -0.05) is 12.1 Å². The standard InChI is InChI=1S/C19H28N2O2/c1-15-6-4-7-17(16(15)2)23-13-12-21-11-9-19(14-21)8-5-10-20(3)18(19)22/h4,6-7H,5,8-14H2,1-3H3/t19-/m0/s1. The van der Waals surface area contributed by atoms with Crippen molar-refractivity contribution in [2.24, 2.45) is 5.41 Å². The summed E-state index contributed by atoms with van der Waals surface area (Å²) in [6, 6.07) is 6.18. The van der Waals surface area contributed by atoms with Gasteiger partial charge in [0.15, 0.2) is 0 Å². The lowest BCUT2D eigenvalue weighted by molar-refractivity contribution is -0.143. The first-order valence-electron chi connectivity index (χ1n) is 8.69. The number of nitrogens with zero attached hydrogens (tertiary/aromatic N) is 2. The van der Waals surface area contributed by atoms with Gasteiger partial charge in [0, 0.05) is 26.7 Å². The highest BCUT2D eigenvalue weighted by Gasteiger charge is 2.47. The average Bonchev–Trinajstić information content (AvgIpc) is 2.93. The zero-order valence-corrected chi connectivity index (χ0v) is 14.6. The number of hydrogen-bond acceptors (Lipinski definition) is 3. The second-order valence-electron chi connectivity index (χ2n) is 7.18. The fourth-order valence-corrected chi connectivity index (χ4v) is 3.96. The fraction of sp³-hybridized carbons (Fsp3) is 0.632. The molecule has 1 aromatic rings. The molecule has 2 saturated heterocycles. The Hall–Kier alpha value is -1.55. The van der Waals surface area contributed by atoms with E-state index >= 15 is 0 Å². The quantitative estimate of drug-likeness (QED) is 0.856. The maximum atomic E-state index is 12.5. The number of aryl methyl sites for hydroxylation is 1. The highest BCUT2D eigenvalue weighted by Crippen LogP contribution is 2.39. The summed E-state index contributed by atoms with van der Waals surface area (Å²) in [5, 5.41) is 0. The molecule has 4 heteroatoms. The van der Waals surface area contributed by atoms with Crippen LogP contribution >= 0.6 is 0 Å². The molecule has 1 amide bonds. The van der Waals surface area contributed by atoms with E-state index in [4.69, 9.17) is 4.74 Å². The topological polar surface area (TPSA) is 32.8 Å². The normalized spacial score (nSPS) is 25.3. The smallest absolute Gasteiger partial charge is 0.229 e. The van der Waals surface area contributed by atoms with Crippen LogP contribution in [0, 0.1) is 19.3 Å². The van der Waals surface area contributed by atoms with Crippen LogP contribution in [-0.4, -0.2) is 55.5 Å². The Morgan fingerprint density at radius 3 is 2.87 bits per heavy atom. The van der Waals surface area contributed by atoms with Gasteiger partial charge in [-0.3, -0.25) is 9.69 Å². The van der Waals surface area contributed by atoms with Crippen molar-refractivity contribution < 1.29 is 9.53 Å². The van der Waals surface area contributed by atoms with E-state index in [1.807, 2.05) is 24.1 Å². The van der Waals surface area contributed by atoms with Crippen LogP contribution in [0.1, 0.15) is 30.4 Å². The van der Waals surface area contributed by atoms with Gasteiger partial charge in [-0.05, 0) is 56.8 Å². The summed E-state index contributed by atoms with van der Waals surface area (Å²) in [7, 11) is 1.94. The van der Waals surface area contributed by atoms with E-state index in [1.165, 1.54) is 11.1 Å². The third kappa shape index (κ3) is 3.23. The Kier molecular flexibility index (Phi) is 4.62. The van der Waals surface area contributed by atoms with Crippen LogP contribution in [0.3, 0.4) is 0 Å². The summed E-state index contributed by atoms with van der Waals surface area (Å²) in [4.78, 5) is 16.8. The predicted octanol–water partition coefficient (Wildman–Crippen LogP) is 2.63. The largest absolute Gasteiger partial charge is 0.492 e. The van der Waals surface area contributed by atoms with Gasteiger partial charge < -0.3 is 9.64 Å². The Morgan fingerprint density at radius 2 is 2.04 bits per heavy atom. The van der Waals surface area contributed by atoms with Crippen molar-refractivity contribution in [2.45, 2.75) is 33.1 Å². The van der Waals surface area contributed by atoms with Crippen LogP contribution < -0.4 is 4.74 Å². The van der Waals surface area contributed by atoms with Crippen molar-refractivity contribution in [3.63, 3.8) is 0 Å². The molecule has 2 aliphatic rings. The second-order valence-corrected chi connectivity index (χ2v) is 7.18. The lowest BCUT2D eigenvalue weighted by Gasteiger charge is -2.37. The number of hydrogen-bond donors (Lipinski definition) is 0. The van der Waals surface area contributed by atoms with Gasteiger partial charge in [-0.25, -0.2) is 0 Å². The lowest BCUT2D eigenvalue weighted by Crippen LogP contribution is -2.48. The van der Waals surface area contributed by atoms with Crippen LogP contribution in [0.4, 0.5) is 0 Å². The Morgan fingerprint density at radius 1 is 1.22 bits per heavy atom. The minimum absolute atomic E-state index is 0.119. The molecule has 1 spiro atoms. The number of carbonyl (C=O) groups is 1. The van der Waals surface area contributed by atoms with E-state index in [9.17, 15) is 4.79 Å². The summed E-state index contributed by atoms with van der Waals surface area (Å²) in [5.41, 5.74) is 2.36. The molecule has 2 heterocycles. The SMILES string of the molecule is Cc1cccc(OCCN2CC[C@@]3(CCCN(C)C3=O)C2)c1C. The van der Waals surface area contributed by atoms with Gasteiger partial charge in [0.05, 0.1) is 5.41 Å². The molecule has 1 aromatic carbocycles. The number of ether oxygens (including phenoxy) is 1. The van der Waals surface area contributed by atoms with Crippen molar-refractivity contribution in [3.8, 4) is 5.75 Å². The summed E-state index contributed by atoms with van der Waals surface area (Å²) in [6.45, 7) is 8.61. The van der Waals surface area contributed by atoms with Crippen molar-refractivity contribution >= 4 is 5.91 Å². The van der Waals surface area contributed by atoms with Crippen LogP contribution in [0.5, 0.6) is 5.75 Å². The van der Waals surface area contributed by atoms with E-state index in [0.29, 0.717) is 12.5 Å². The number of benzene rings is 1. The Balaban J connectivity index is 1.53. The lowest BCUT2D eigenvalue weighted by atomic mass is 9.78. The van der Waals surface area contributed by atoms with Gasteiger partial charge >= 0.3 is 0 Å². The highest BCUT2D eigenvalue weighted by atomic mass is 16.5. The van der Waals surface area contributed by atoms with E-state index in [-0.39, 0.29) is 5.41 Å². The number of rotatable bonds is 4. The van der Waals surface area contributed by atoms with Crippen molar-refractivity contribution in [1.29, 1.82) is 0 Å². The molecular weight excluding hydrogens is 288 g/mol. The van der Waals surface area contributed by atoms with Crippen molar-refractivity contribution in [1.82, 2.24) is 9.80 Å². The number of amides is 1. The zero-order valence-electron chi connectivity index (χ0n) is 14.6. The van der Waals surface area contributed by atoms with Gasteiger partial charge in [0.2, 0.25) is 5.91 Å². The fourth-order valence-electron chi connectivity index (χ4n) is 3.96. The van der Waals surface area contributed by atoms with Gasteiger partial charge in [0.25, 0.3) is 0 Å². The minimum atomic E-state index is -0.119. The maximum absolute atomic E-state index is 12.5. The van der Waals surface area contributed by atoms with Crippen LogP contribution in [-0.2, 0) is 4.79 Å². The monoisotopic (exact) mass is 316 g/mol. The summed E-state index contributed by atoms with van der Waals surface area (Å²) in [5.74, 6) is 1.33. The molecule has 2 fully saturated rings. The molecule has 0 radical (unpaired) electrons. The first-order valence-corrected chi connectivity index (χ1v) is 8.69. The van der Waals surface area contributed by atoms with Crippen LogP contribution in [0.25, 0.3) is 0 Å².